The summed E-state index contributed by atoms with van der Waals surface area (Å²) in [7, 11) is 0. The van der Waals surface area contributed by atoms with Gasteiger partial charge in [-0.3, -0.25) is 0 Å². The smallest absolute Gasteiger partial charge is 0.378 e. The third-order valence-corrected chi connectivity index (χ3v) is 3.36. The van der Waals surface area contributed by atoms with Crippen molar-refractivity contribution in [3.05, 3.63) is 47.3 Å². The van der Waals surface area contributed by atoms with Crippen molar-refractivity contribution < 1.29 is 13.9 Å². The Hall–Kier alpha value is -2.24. The molecule has 0 unspecified atom stereocenters. The van der Waals surface area contributed by atoms with Crippen molar-refractivity contribution in [2.24, 2.45) is 0 Å². The second-order valence-electron chi connectivity index (χ2n) is 4.59. The second kappa shape index (κ2) is 5.03. The van der Waals surface area contributed by atoms with Crippen molar-refractivity contribution in [2.45, 2.75) is 25.8 Å². The van der Waals surface area contributed by atoms with E-state index in [1.807, 2.05) is 0 Å². The standard InChI is InChI=1S/C14H14FN3O2/c1-2-20-14(19)13-16-12-8-7-11(18(12)17-13)9-5-3-4-6-10(9)15/h3-6,11H,2,7-8H2,1H3/t11-/m1/s1. The van der Waals surface area contributed by atoms with Crippen LogP contribution in [0.2, 0.25) is 0 Å². The summed E-state index contributed by atoms with van der Waals surface area (Å²) >= 11 is 0. The second-order valence-corrected chi connectivity index (χ2v) is 4.59. The normalized spacial score (nSPS) is 17.0. The van der Waals surface area contributed by atoms with Gasteiger partial charge in [0.25, 0.3) is 5.82 Å². The molecule has 20 heavy (non-hydrogen) atoms. The molecule has 1 aliphatic heterocycles. The topological polar surface area (TPSA) is 57.0 Å². The number of hydrogen-bond acceptors (Lipinski definition) is 4. The number of halogens is 1. The molecular formula is C14H14FN3O2. The van der Waals surface area contributed by atoms with Crippen LogP contribution in [0.1, 0.15) is 41.4 Å². The molecule has 0 spiro atoms. The van der Waals surface area contributed by atoms with Crippen LogP contribution in [0.5, 0.6) is 0 Å². The lowest BCUT2D eigenvalue weighted by Gasteiger charge is -2.12. The summed E-state index contributed by atoms with van der Waals surface area (Å²) in [6.07, 6.45) is 1.41. The quantitative estimate of drug-likeness (QED) is 0.805. The highest BCUT2D eigenvalue weighted by atomic mass is 19.1. The molecule has 1 atom stereocenters. The Balaban J connectivity index is 1.94. The summed E-state index contributed by atoms with van der Waals surface area (Å²) in [5.41, 5.74) is 0.576. The van der Waals surface area contributed by atoms with Gasteiger partial charge in [-0.1, -0.05) is 18.2 Å². The molecule has 1 aromatic carbocycles. The zero-order valence-electron chi connectivity index (χ0n) is 11.0. The van der Waals surface area contributed by atoms with E-state index in [1.54, 1.807) is 29.8 Å². The van der Waals surface area contributed by atoms with Gasteiger partial charge in [0.15, 0.2) is 0 Å². The number of esters is 1. The van der Waals surface area contributed by atoms with Crippen LogP contribution in [0.4, 0.5) is 4.39 Å². The van der Waals surface area contributed by atoms with Gasteiger partial charge in [-0.25, -0.2) is 18.9 Å². The SMILES string of the molecule is CCOC(=O)c1nc2n(n1)[C@@H](c1ccccc1F)CC2. The number of aryl methyl sites for hydroxylation is 1. The van der Waals surface area contributed by atoms with Crippen LogP contribution >= 0.6 is 0 Å². The fourth-order valence-corrected chi connectivity index (χ4v) is 2.48. The predicted octanol–water partition coefficient (Wildman–Crippen LogP) is 2.13. The average Bonchev–Trinajstić information content (AvgIpc) is 3.00. The van der Waals surface area contributed by atoms with E-state index >= 15 is 0 Å². The predicted molar refractivity (Wildman–Crippen MR) is 68.8 cm³/mol. The molecule has 2 aromatic rings. The van der Waals surface area contributed by atoms with Gasteiger partial charge in [0.05, 0.1) is 12.6 Å². The van der Waals surface area contributed by atoms with E-state index in [9.17, 15) is 9.18 Å². The molecule has 104 valence electrons. The highest BCUT2D eigenvalue weighted by molar-refractivity contribution is 5.85. The van der Waals surface area contributed by atoms with Crippen molar-refractivity contribution in [1.82, 2.24) is 14.8 Å². The van der Waals surface area contributed by atoms with Gasteiger partial charge in [0.1, 0.15) is 11.6 Å². The van der Waals surface area contributed by atoms with E-state index in [4.69, 9.17) is 4.74 Å². The van der Waals surface area contributed by atoms with Gasteiger partial charge in [0, 0.05) is 12.0 Å². The van der Waals surface area contributed by atoms with E-state index in [0.717, 1.165) is 6.42 Å². The summed E-state index contributed by atoms with van der Waals surface area (Å²) in [6, 6.07) is 6.40. The first-order chi connectivity index (χ1) is 9.70. The number of ether oxygens (including phenoxy) is 1. The van der Waals surface area contributed by atoms with E-state index in [0.29, 0.717) is 17.8 Å². The number of benzene rings is 1. The Morgan fingerprint density at radius 3 is 3.05 bits per heavy atom. The van der Waals surface area contributed by atoms with Gasteiger partial charge in [-0.2, -0.15) is 0 Å². The molecule has 0 N–H and O–H groups in total. The Labute approximate surface area is 115 Å². The number of fused-ring (bicyclic) bond motifs is 1. The van der Waals surface area contributed by atoms with E-state index in [1.165, 1.54) is 6.07 Å². The summed E-state index contributed by atoms with van der Waals surface area (Å²) < 4.78 is 20.4. The summed E-state index contributed by atoms with van der Waals surface area (Å²) in [5.74, 6) is -0.0654. The Morgan fingerprint density at radius 2 is 2.30 bits per heavy atom. The highest BCUT2D eigenvalue weighted by Gasteiger charge is 2.30. The van der Waals surface area contributed by atoms with Crippen LogP contribution in [0, 0.1) is 5.82 Å². The van der Waals surface area contributed by atoms with Crippen LogP contribution in [-0.4, -0.2) is 27.3 Å². The van der Waals surface area contributed by atoms with Gasteiger partial charge < -0.3 is 4.74 Å². The van der Waals surface area contributed by atoms with Gasteiger partial charge in [-0.05, 0) is 19.4 Å². The van der Waals surface area contributed by atoms with Crippen molar-refractivity contribution in [3.8, 4) is 0 Å². The molecular weight excluding hydrogens is 261 g/mol. The van der Waals surface area contributed by atoms with E-state index in [-0.39, 0.29) is 24.3 Å². The first kappa shape index (κ1) is 12.8. The lowest BCUT2D eigenvalue weighted by atomic mass is 10.0. The molecule has 0 aliphatic carbocycles. The minimum absolute atomic E-state index is 0.0443. The molecule has 0 radical (unpaired) electrons. The number of hydrogen-bond donors (Lipinski definition) is 0. The minimum Gasteiger partial charge on any atom is -0.460 e. The molecule has 1 aromatic heterocycles. The van der Waals surface area contributed by atoms with Crippen molar-refractivity contribution in [2.75, 3.05) is 6.61 Å². The van der Waals surface area contributed by atoms with Gasteiger partial charge in [-0.15, -0.1) is 5.10 Å². The number of aromatic nitrogens is 3. The Kier molecular flexibility index (Phi) is 3.22. The molecule has 0 fully saturated rings. The third-order valence-electron chi connectivity index (χ3n) is 3.36. The van der Waals surface area contributed by atoms with Gasteiger partial charge >= 0.3 is 5.97 Å². The lowest BCUT2D eigenvalue weighted by Crippen LogP contribution is -2.12. The molecule has 0 saturated carbocycles. The summed E-state index contributed by atoms with van der Waals surface area (Å²) in [4.78, 5) is 15.8. The Bertz CT molecular complexity index is 654. The maximum Gasteiger partial charge on any atom is 0.378 e. The fraction of sp³-hybridized carbons (Fsp3) is 0.357. The van der Waals surface area contributed by atoms with Crippen molar-refractivity contribution in [1.29, 1.82) is 0 Å². The summed E-state index contributed by atoms with van der Waals surface area (Å²) in [5, 5.41) is 4.17. The van der Waals surface area contributed by atoms with Crippen LogP contribution < -0.4 is 0 Å². The Morgan fingerprint density at radius 1 is 1.50 bits per heavy atom. The van der Waals surface area contributed by atoms with E-state index in [2.05, 4.69) is 10.1 Å². The maximum atomic E-state index is 13.9. The number of carbonyl (C=O) groups is 1. The molecule has 0 amide bonds. The van der Waals surface area contributed by atoms with Crippen LogP contribution in [0.25, 0.3) is 0 Å². The number of rotatable bonds is 3. The highest BCUT2D eigenvalue weighted by Crippen LogP contribution is 2.31. The zero-order chi connectivity index (χ0) is 14.1. The third kappa shape index (κ3) is 2.07. The maximum absolute atomic E-state index is 13.9. The molecule has 1 aliphatic rings. The lowest BCUT2D eigenvalue weighted by molar-refractivity contribution is 0.0511. The molecule has 0 bridgehead atoms. The van der Waals surface area contributed by atoms with Crippen LogP contribution in [0.3, 0.4) is 0 Å². The molecule has 5 nitrogen and oxygen atoms in total. The zero-order valence-corrected chi connectivity index (χ0v) is 11.0. The molecule has 6 heteroatoms. The molecule has 0 saturated heterocycles. The number of carbonyl (C=O) groups excluding carboxylic acids is 1. The first-order valence-electron chi connectivity index (χ1n) is 6.57. The first-order valence-corrected chi connectivity index (χ1v) is 6.57. The van der Waals surface area contributed by atoms with Gasteiger partial charge in [0.2, 0.25) is 0 Å². The monoisotopic (exact) mass is 275 g/mol. The van der Waals surface area contributed by atoms with Crippen LogP contribution in [0.15, 0.2) is 24.3 Å². The average molecular weight is 275 g/mol. The molecule has 3 rings (SSSR count). The molecule has 2 heterocycles. The van der Waals surface area contributed by atoms with Crippen molar-refractivity contribution >= 4 is 5.97 Å². The largest absolute Gasteiger partial charge is 0.460 e. The number of nitrogens with zero attached hydrogens (tertiary/aromatic N) is 3. The summed E-state index contributed by atoms with van der Waals surface area (Å²) in [6.45, 7) is 2.00. The minimum atomic E-state index is -0.540. The fourth-order valence-electron chi connectivity index (χ4n) is 2.48. The van der Waals surface area contributed by atoms with E-state index < -0.39 is 5.97 Å². The van der Waals surface area contributed by atoms with Crippen molar-refractivity contribution in [3.63, 3.8) is 0 Å². The van der Waals surface area contributed by atoms with Crippen LogP contribution in [-0.2, 0) is 11.2 Å².